The van der Waals surface area contributed by atoms with Crippen molar-refractivity contribution in [3.05, 3.63) is 11.6 Å². The number of carboxylic acids is 1. The van der Waals surface area contributed by atoms with Crippen molar-refractivity contribution in [1.82, 2.24) is 0 Å². The van der Waals surface area contributed by atoms with Gasteiger partial charge in [0.1, 0.15) is 0 Å². The van der Waals surface area contributed by atoms with Crippen LogP contribution in [0.25, 0.3) is 0 Å². The molecule has 0 aliphatic heterocycles. The molecule has 0 amide bonds. The van der Waals surface area contributed by atoms with Crippen LogP contribution in [-0.4, -0.2) is 33.5 Å². The third-order valence-corrected chi connectivity index (χ3v) is 6.89. The summed E-state index contributed by atoms with van der Waals surface area (Å²) in [6.45, 7) is 8.61. The van der Waals surface area contributed by atoms with Crippen molar-refractivity contribution >= 4 is 5.97 Å². The number of aliphatic hydroxyl groups is 2. The molecule has 0 radical (unpaired) electrons. The van der Waals surface area contributed by atoms with Crippen molar-refractivity contribution in [3.8, 4) is 0 Å². The van der Waals surface area contributed by atoms with E-state index in [-0.39, 0.29) is 23.0 Å². The molecule has 1 fully saturated rings. The Kier molecular flexibility index (Phi) is 6.14. The number of rotatable bonds is 6. The monoisotopic (exact) mass is 338 g/mol. The van der Waals surface area contributed by atoms with E-state index in [9.17, 15) is 20.1 Å². The number of aliphatic hydroxyl groups excluding tert-OH is 2. The fraction of sp³-hybridized carbons (Fsp3) is 0.850. The second kappa shape index (κ2) is 7.57. The van der Waals surface area contributed by atoms with Gasteiger partial charge in [0, 0.05) is 0 Å². The van der Waals surface area contributed by atoms with E-state index in [4.69, 9.17) is 0 Å². The zero-order chi connectivity index (χ0) is 18.1. The highest BCUT2D eigenvalue weighted by Crippen LogP contribution is 2.58. The molecule has 4 nitrogen and oxygen atoms in total. The van der Waals surface area contributed by atoms with Gasteiger partial charge in [-0.05, 0) is 67.6 Å². The SMILES string of the molecule is CC(C)C(O)CCC(C)C1CCC(C)C12CC=C(C(=O)O)C(O)C2. The Morgan fingerprint density at radius 2 is 1.96 bits per heavy atom. The van der Waals surface area contributed by atoms with E-state index in [0.29, 0.717) is 24.2 Å². The van der Waals surface area contributed by atoms with Gasteiger partial charge in [-0.15, -0.1) is 0 Å². The third kappa shape index (κ3) is 3.70. The fourth-order valence-corrected chi connectivity index (χ4v) is 5.11. The van der Waals surface area contributed by atoms with Crippen molar-refractivity contribution in [2.45, 2.75) is 78.4 Å². The van der Waals surface area contributed by atoms with Gasteiger partial charge in [-0.1, -0.05) is 33.8 Å². The van der Waals surface area contributed by atoms with E-state index in [1.54, 1.807) is 6.08 Å². The zero-order valence-corrected chi connectivity index (χ0v) is 15.5. The van der Waals surface area contributed by atoms with Crippen molar-refractivity contribution in [3.63, 3.8) is 0 Å². The highest BCUT2D eigenvalue weighted by atomic mass is 16.4. The molecule has 1 saturated carbocycles. The predicted molar refractivity (Wildman–Crippen MR) is 94.5 cm³/mol. The Balaban J connectivity index is 2.12. The van der Waals surface area contributed by atoms with E-state index >= 15 is 0 Å². The van der Waals surface area contributed by atoms with E-state index in [1.807, 2.05) is 13.8 Å². The molecule has 24 heavy (non-hydrogen) atoms. The lowest BCUT2D eigenvalue weighted by molar-refractivity contribution is -0.134. The largest absolute Gasteiger partial charge is 0.478 e. The van der Waals surface area contributed by atoms with Crippen molar-refractivity contribution in [2.24, 2.45) is 29.1 Å². The molecule has 0 aromatic rings. The van der Waals surface area contributed by atoms with Crippen LogP contribution < -0.4 is 0 Å². The van der Waals surface area contributed by atoms with Crippen molar-refractivity contribution < 1.29 is 20.1 Å². The number of hydrogen-bond acceptors (Lipinski definition) is 3. The number of carbonyl (C=O) groups is 1. The van der Waals surface area contributed by atoms with Crippen molar-refractivity contribution in [2.75, 3.05) is 0 Å². The lowest BCUT2D eigenvalue weighted by Crippen LogP contribution is -2.41. The molecule has 3 N–H and O–H groups in total. The van der Waals surface area contributed by atoms with Gasteiger partial charge >= 0.3 is 5.97 Å². The maximum absolute atomic E-state index is 11.3. The first-order valence-electron chi connectivity index (χ1n) is 9.48. The Labute approximate surface area is 146 Å². The van der Waals surface area contributed by atoms with Gasteiger partial charge in [0.15, 0.2) is 0 Å². The van der Waals surface area contributed by atoms with E-state index in [0.717, 1.165) is 32.1 Å². The van der Waals surface area contributed by atoms with Gasteiger partial charge in [-0.2, -0.15) is 0 Å². The zero-order valence-electron chi connectivity index (χ0n) is 15.5. The Bertz CT molecular complexity index is 484. The predicted octanol–water partition coefficient (Wildman–Crippen LogP) is 3.62. The molecule has 0 bridgehead atoms. The molecule has 4 heteroatoms. The summed E-state index contributed by atoms with van der Waals surface area (Å²) in [6, 6.07) is 0. The molecule has 138 valence electrons. The smallest absolute Gasteiger partial charge is 0.333 e. The van der Waals surface area contributed by atoms with Gasteiger partial charge in [0.25, 0.3) is 0 Å². The van der Waals surface area contributed by atoms with Gasteiger partial charge in [0.05, 0.1) is 17.8 Å². The molecule has 1 spiro atoms. The van der Waals surface area contributed by atoms with Crippen molar-refractivity contribution in [1.29, 1.82) is 0 Å². The first-order valence-corrected chi connectivity index (χ1v) is 9.48. The molecular formula is C20H34O4. The topological polar surface area (TPSA) is 77.8 Å². The third-order valence-electron chi connectivity index (χ3n) is 6.89. The van der Waals surface area contributed by atoms with Gasteiger partial charge in [-0.25, -0.2) is 4.79 Å². The van der Waals surface area contributed by atoms with E-state index in [1.165, 1.54) is 0 Å². The average Bonchev–Trinajstić information content (AvgIpc) is 2.80. The lowest BCUT2D eigenvalue weighted by Gasteiger charge is -2.45. The quantitative estimate of drug-likeness (QED) is 0.691. The Hall–Kier alpha value is -0.870. The summed E-state index contributed by atoms with van der Waals surface area (Å²) in [5, 5.41) is 29.7. The molecule has 2 aliphatic rings. The lowest BCUT2D eigenvalue weighted by atomic mass is 9.60. The molecule has 0 aromatic carbocycles. The molecular weight excluding hydrogens is 304 g/mol. The van der Waals surface area contributed by atoms with E-state index < -0.39 is 12.1 Å². The first kappa shape index (κ1) is 19.5. The minimum Gasteiger partial charge on any atom is -0.478 e. The molecule has 2 rings (SSSR count). The van der Waals surface area contributed by atoms with Crippen LogP contribution in [0.4, 0.5) is 0 Å². The number of hydrogen-bond donors (Lipinski definition) is 3. The summed E-state index contributed by atoms with van der Waals surface area (Å²) in [5.74, 6) is 0.767. The molecule has 0 saturated heterocycles. The highest BCUT2D eigenvalue weighted by molar-refractivity contribution is 5.87. The summed E-state index contributed by atoms with van der Waals surface area (Å²) >= 11 is 0. The van der Waals surface area contributed by atoms with Crippen LogP contribution in [-0.2, 0) is 4.79 Å². The Morgan fingerprint density at radius 1 is 1.29 bits per heavy atom. The van der Waals surface area contributed by atoms with Gasteiger partial charge in [-0.3, -0.25) is 0 Å². The summed E-state index contributed by atoms with van der Waals surface area (Å²) in [6.07, 6.45) is 6.07. The van der Waals surface area contributed by atoms with Crippen LogP contribution in [0.5, 0.6) is 0 Å². The summed E-state index contributed by atoms with van der Waals surface area (Å²) < 4.78 is 0. The standard InChI is InChI=1S/C20H34O4/c1-12(2)17(21)8-5-13(3)16-7-6-14(4)20(16)10-9-15(19(23)24)18(22)11-20/h9,12-14,16-18,21-22H,5-8,10-11H2,1-4H3,(H,23,24). The Morgan fingerprint density at radius 3 is 2.50 bits per heavy atom. The van der Waals surface area contributed by atoms with Crippen LogP contribution >= 0.6 is 0 Å². The van der Waals surface area contributed by atoms with Crippen LogP contribution in [0.15, 0.2) is 11.6 Å². The summed E-state index contributed by atoms with van der Waals surface area (Å²) in [5.41, 5.74) is 0.182. The molecule has 0 heterocycles. The number of carboxylic acid groups (broad SMARTS) is 1. The highest BCUT2D eigenvalue weighted by Gasteiger charge is 2.52. The molecule has 6 atom stereocenters. The molecule has 2 aliphatic carbocycles. The average molecular weight is 338 g/mol. The number of aliphatic carboxylic acids is 1. The minimum atomic E-state index is -0.993. The maximum Gasteiger partial charge on any atom is 0.333 e. The van der Waals surface area contributed by atoms with Crippen LogP contribution in [0.1, 0.15) is 66.2 Å². The number of allylic oxidation sites excluding steroid dienone is 1. The first-order chi connectivity index (χ1) is 11.2. The van der Waals surface area contributed by atoms with Crippen LogP contribution in [0, 0.1) is 29.1 Å². The minimum absolute atomic E-state index is 0.0145. The van der Waals surface area contributed by atoms with Gasteiger partial charge < -0.3 is 15.3 Å². The summed E-state index contributed by atoms with van der Waals surface area (Å²) in [4.78, 5) is 11.3. The van der Waals surface area contributed by atoms with Crippen LogP contribution in [0.3, 0.4) is 0 Å². The fourth-order valence-electron chi connectivity index (χ4n) is 5.11. The summed E-state index contributed by atoms with van der Waals surface area (Å²) in [7, 11) is 0. The van der Waals surface area contributed by atoms with Gasteiger partial charge in [0.2, 0.25) is 0 Å². The maximum atomic E-state index is 11.3. The van der Waals surface area contributed by atoms with E-state index in [2.05, 4.69) is 13.8 Å². The second-order valence-electron chi connectivity index (χ2n) is 8.57. The normalized spacial score (nSPS) is 36.0. The molecule has 6 unspecified atom stereocenters. The molecule has 0 aromatic heterocycles. The van der Waals surface area contributed by atoms with Crippen LogP contribution in [0.2, 0.25) is 0 Å². The second-order valence-corrected chi connectivity index (χ2v) is 8.57.